The maximum atomic E-state index is 12.8. The lowest BCUT2D eigenvalue weighted by Crippen LogP contribution is -2.25. The third-order valence-electron chi connectivity index (χ3n) is 5.21. The second kappa shape index (κ2) is 8.47. The molecule has 1 aliphatic rings. The molecule has 3 heterocycles. The monoisotopic (exact) mass is 409 g/mol. The van der Waals surface area contributed by atoms with Crippen LogP contribution in [0.2, 0.25) is 0 Å². The van der Waals surface area contributed by atoms with Gasteiger partial charge in [0, 0.05) is 19.0 Å². The molecule has 7 heteroatoms. The topological polar surface area (TPSA) is 54.3 Å². The molecule has 0 fully saturated rings. The highest BCUT2D eigenvalue weighted by Gasteiger charge is 2.27. The van der Waals surface area contributed by atoms with Crippen molar-refractivity contribution in [2.75, 3.05) is 20.1 Å². The summed E-state index contributed by atoms with van der Waals surface area (Å²) < 4.78 is 2.04. The lowest BCUT2D eigenvalue weighted by molar-refractivity contribution is 0.0788. The van der Waals surface area contributed by atoms with Crippen LogP contribution in [0.3, 0.4) is 0 Å². The van der Waals surface area contributed by atoms with Crippen molar-refractivity contribution in [1.29, 1.82) is 0 Å². The second-order valence-corrected chi connectivity index (χ2v) is 8.37. The first-order valence-corrected chi connectivity index (χ1v) is 11.1. The molecule has 0 saturated carbocycles. The van der Waals surface area contributed by atoms with Gasteiger partial charge >= 0.3 is 0 Å². The van der Waals surface area contributed by atoms with Crippen molar-refractivity contribution >= 4 is 17.2 Å². The maximum Gasteiger partial charge on any atom is 0.256 e. The predicted molar refractivity (Wildman–Crippen MR) is 116 cm³/mol. The second-order valence-electron chi connectivity index (χ2n) is 7.51. The SMILES string of the molecule is CCCN(CCC)Cc1csc(-c2ncn3c2CN(C)C(=O)c2ccccc2-3)n1. The summed E-state index contributed by atoms with van der Waals surface area (Å²) in [7, 11) is 1.84. The first-order valence-electron chi connectivity index (χ1n) is 10.2. The van der Waals surface area contributed by atoms with Crippen LogP contribution in [-0.4, -0.2) is 50.4 Å². The number of rotatable bonds is 7. The third-order valence-corrected chi connectivity index (χ3v) is 6.11. The average Bonchev–Trinajstić information content (AvgIpc) is 3.32. The Bertz CT molecular complexity index is 1000. The summed E-state index contributed by atoms with van der Waals surface area (Å²) in [6, 6.07) is 7.71. The van der Waals surface area contributed by atoms with Gasteiger partial charge in [0.15, 0.2) is 0 Å². The first-order chi connectivity index (χ1) is 14.1. The highest BCUT2D eigenvalue weighted by molar-refractivity contribution is 7.13. The molecular formula is C22H27N5OS. The Morgan fingerprint density at radius 1 is 1.17 bits per heavy atom. The lowest BCUT2D eigenvalue weighted by atomic mass is 10.1. The van der Waals surface area contributed by atoms with Crippen molar-refractivity contribution in [3.8, 4) is 16.4 Å². The van der Waals surface area contributed by atoms with Crippen molar-refractivity contribution in [3.05, 3.63) is 52.9 Å². The van der Waals surface area contributed by atoms with E-state index in [1.165, 1.54) is 0 Å². The summed E-state index contributed by atoms with van der Waals surface area (Å²) in [5, 5.41) is 3.06. The van der Waals surface area contributed by atoms with Gasteiger partial charge in [0.05, 0.1) is 29.2 Å². The zero-order valence-corrected chi connectivity index (χ0v) is 18.1. The number of aromatic nitrogens is 3. The number of thiazole rings is 1. The van der Waals surface area contributed by atoms with E-state index in [2.05, 4.69) is 24.1 Å². The van der Waals surface area contributed by atoms with Crippen LogP contribution in [0.15, 0.2) is 36.0 Å². The molecule has 1 aliphatic heterocycles. The van der Waals surface area contributed by atoms with Crippen LogP contribution in [0.5, 0.6) is 0 Å². The number of carbonyl (C=O) groups excluding carboxylic acids is 1. The highest BCUT2D eigenvalue weighted by Crippen LogP contribution is 2.32. The van der Waals surface area contributed by atoms with Crippen molar-refractivity contribution < 1.29 is 4.79 Å². The summed E-state index contributed by atoms with van der Waals surface area (Å²) in [5.41, 5.74) is 4.55. The van der Waals surface area contributed by atoms with Crippen LogP contribution in [-0.2, 0) is 13.1 Å². The predicted octanol–water partition coefficient (Wildman–Crippen LogP) is 4.20. The third kappa shape index (κ3) is 3.84. The zero-order valence-electron chi connectivity index (χ0n) is 17.3. The number of hydrogen-bond donors (Lipinski definition) is 0. The molecule has 6 nitrogen and oxygen atoms in total. The molecule has 0 spiro atoms. The smallest absolute Gasteiger partial charge is 0.256 e. The Morgan fingerprint density at radius 3 is 2.69 bits per heavy atom. The van der Waals surface area contributed by atoms with Gasteiger partial charge in [-0.05, 0) is 38.1 Å². The van der Waals surface area contributed by atoms with E-state index in [-0.39, 0.29) is 5.91 Å². The van der Waals surface area contributed by atoms with Gasteiger partial charge in [-0.15, -0.1) is 11.3 Å². The van der Waals surface area contributed by atoms with Gasteiger partial charge in [0.25, 0.3) is 5.91 Å². The molecule has 0 atom stereocenters. The first kappa shape index (κ1) is 19.8. The Morgan fingerprint density at radius 2 is 1.93 bits per heavy atom. The van der Waals surface area contributed by atoms with E-state index >= 15 is 0 Å². The molecule has 0 bridgehead atoms. The highest BCUT2D eigenvalue weighted by atomic mass is 32.1. The number of nitrogens with zero attached hydrogens (tertiary/aromatic N) is 5. The lowest BCUT2D eigenvalue weighted by Gasteiger charge is -2.19. The van der Waals surface area contributed by atoms with Crippen LogP contribution in [0.1, 0.15) is 48.4 Å². The fourth-order valence-corrected chi connectivity index (χ4v) is 4.72. The molecule has 0 unspecified atom stereocenters. The van der Waals surface area contributed by atoms with E-state index in [9.17, 15) is 4.79 Å². The minimum absolute atomic E-state index is 0.0323. The summed E-state index contributed by atoms with van der Waals surface area (Å²) in [6.45, 7) is 7.98. The molecule has 1 aromatic carbocycles. The number of imidazole rings is 1. The van der Waals surface area contributed by atoms with Crippen molar-refractivity contribution in [3.63, 3.8) is 0 Å². The summed E-state index contributed by atoms with van der Waals surface area (Å²) in [4.78, 5) is 26.6. The molecule has 152 valence electrons. The van der Waals surface area contributed by atoms with E-state index in [4.69, 9.17) is 9.97 Å². The molecule has 0 aliphatic carbocycles. The molecule has 1 amide bonds. The van der Waals surface area contributed by atoms with Crippen molar-refractivity contribution in [1.82, 2.24) is 24.3 Å². The number of fused-ring (bicyclic) bond motifs is 3. The van der Waals surface area contributed by atoms with Gasteiger partial charge in [-0.25, -0.2) is 9.97 Å². The fourth-order valence-electron chi connectivity index (χ4n) is 3.90. The van der Waals surface area contributed by atoms with Crippen molar-refractivity contribution in [2.45, 2.75) is 39.8 Å². The summed E-state index contributed by atoms with van der Waals surface area (Å²) in [6.07, 6.45) is 4.11. The molecule has 2 aromatic heterocycles. The van der Waals surface area contributed by atoms with Crippen molar-refractivity contribution in [2.24, 2.45) is 0 Å². The quantitative estimate of drug-likeness (QED) is 0.587. The fraction of sp³-hybridized carbons (Fsp3) is 0.409. The number of para-hydroxylation sites is 1. The van der Waals surface area contributed by atoms with E-state index in [1.54, 1.807) is 16.2 Å². The zero-order chi connectivity index (χ0) is 20.4. The molecule has 0 saturated heterocycles. The standard InChI is InChI=1S/C22H27N5OS/c1-4-10-26(11-5-2)12-16-14-29-21(24-16)20-19-13-25(3)22(28)17-8-6-7-9-18(17)27(19)15-23-20/h6-9,14-15H,4-5,10-13H2,1-3H3. The van der Waals surface area contributed by atoms with Gasteiger partial charge in [0.2, 0.25) is 0 Å². The number of carbonyl (C=O) groups is 1. The Balaban J connectivity index is 1.67. The van der Waals surface area contributed by atoms with E-state index < -0.39 is 0 Å². The summed E-state index contributed by atoms with van der Waals surface area (Å²) >= 11 is 1.63. The van der Waals surface area contributed by atoms with Crippen LogP contribution in [0.4, 0.5) is 0 Å². The van der Waals surface area contributed by atoms with Crippen LogP contribution < -0.4 is 0 Å². The van der Waals surface area contributed by atoms with Crippen LogP contribution >= 0.6 is 11.3 Å². The molecule has 0 N–H and O–H groups in total. The van der Waals surface area contributed by atoms with E-state index in [0.29, 0.717) is 12.1 Å². The number of hydrogen-bond acceptors (Lipinski definition) is 5. The van der Waals surface area contributed by atoms with Gasteiger partial charge < -0.3 is 4.90 Å². The molecule has 4 rings (SSSR count). The Labute approximate surface area is 175 Å². The summed E-state index contributed by atoms with van der Waals surface area (Å²) in [5.74, 6) is 0.0323. The Hall–Kier alpha value is -2.51. The van der Waals surface area contributed by atoms with Gasteiger partial charge in [-0.2, -0.15) is 0 Å². The van der Waals surface area contributed by atoms with Crippen LogP contribution in [0, 0.1) is 0 Å². The van der Waals surface area contributed by atoms with E-state index in [1.807, 2.05) is 42.2 Å². The van der Waals surface area contributed by atoms with Gasteiger partial charge in [-0.3, -0.25) is 14.3 Å². The van der Waals surface area contributed by atoms with Gasteiger partial charge in [0.1, 0.15) is 17.0 Å². The molecule has 29 heavy (non-hydrogen) atoms. The molecular weight excluding hydrogens is 382 g/mol. The Kier molecular flexibility index (Phi) is 5.78. The average molecular weight is 410 g/mol. The number of benzene rings is 1. The minimum Gasteiger partial charge on any atom is -0.336 e. The maximum absolute atomic E-state index is 12.8. The molecule has 0 radical (unpaired) electrons. The van der Waals surface area contributed by atoms with E-state index in [0.717, 1.165) is 60.3 Å². The normalized spacial score (nSPS) is 13.5. The van der Waals surface area contributed by atoms with Gasteiger partial charge in [-0.1, -0.05) is 26.0 Å². The van der Waals surface area contributed by atoms with Crippen LogP contribution in [0.25, 0.3) is 16.4 Å². The number of amides is 1. The molecule has 3 aromatic rings. The minimum atomic E-state index is 0.0323. The largest absolute Gasteiger partial charge is 0.336 e.